The number of urea groups is 1. The van der Waals surface area contributed by atoms with E-state index in [4.69, 9.17) is 4.74 Å². The molecule has 1 N–H and O–H groups in total. The molecule has 0 aliphatic carbocycles. The molecule has 5 nitrogen and oxygen atoms in total. The van der Waals surface area contributed by atoms with Crippen LogP contribution in [0, 0.1) is 0 Å². The van der Waals surface area contributed by atoms with Crippen molar-refractivity contribution in [3.05, 3.63) is 0 Å². The van der Waals surface area contributed by atoms with Gasteiger partial charge in [-0.2, -0.15) is 0 Å². The zero-order chi connectivity index (χ0) is 11.5. The summed E-state index contributed by atoms with van der Waals surface area (Å²) in [4.78, 5) is 16.2. The summed E-state index contributed by atoms with van der Waals surface area (Å²) in [6.07, 6.45) is 0. The number of nitrogens with one attached hydrogen (secondary N) is 1. The van der Waals surface area contributed by atoms with E-state index in [2.05, 4.69) is 19.2 Å². The summed E-state index contributed by atoms with van der Waals surface area (Å²) in [5.74, 6) is 0. The van der Waals surface area contributed by atoms with Crippen LogP contribution in [0.5, 0.6) is 0 Å². The molecule has 0 aromatic heterocycles. The topological polar surface area (TPSA) is 44.8 Å². The van der Waals surface area contributed by atoms with Gasteiger partial charge in [-0.3, -0.25) is 0 Å². The Kier molecular flexibility index (Phi) is 5.49. The molecule has 2 rings (SSSR count). The Morgan fingerprint density at radius 2 is 1.94 bits per heavy atom. The summed E-state index contributed by atoms with van der Waals surface area (Å²) in [6, 6.07) is 0.844. The number of ether oxygens (including phenoxy) is 1. The molecule has 2 heterocycles. The highest BCUT2D eigenvalue weighted by atomic mass is 35.5. The molecule has 0 saturated carbocycles. The summed E-state index contributed by atoms with van der Waals surface area (Å²) < 4.78 is 5.26. The number of hydrogen-bond donors (Lipinski definition) is 1. The lowest BCUT2D eigenvalue weighted by Crippen LogP contribution is -2.60. The Bertz CT molecular complexity index is 259. The van der Waals surface area contributed by atoms with Crippen LogP contribution in [-0.4, -0.2) is 67.3 Å². The van der Waals surface area contributed by atoms with Crippen LogP contribution < -0.4 is 5.32 Å². The fraction of sp³-hybridized carbons (Fsp3) is 0.909. The Hall–Kier alpha value is -0.520. The highest BCUT2D eigenvalue weighted by Gasteiger charge is 2.30. The van der Waals surface area contributed by atoms with Crippen molar-refractivity contribution < 1.29 is 9.53 Å². The second-order valence-electron chi connectivity index (χ2n) is 4.69. The van der Waals surface area contributed by atoms with Gasteiger partial charge in [0.25, 0.3) is 0 Å². The largest absolute Gasteiger partial charge is 0.378 e. The Morgan fingerprint density at radius 3 is 2.59 bits per heavy atom. The third kappa shape index (κ3) is 3.47. The van der Waals surface area contributed by atoms with Crippen LogP contribution in [0.2, 0.25) is 0 Å². The van der Waals surface area contributed by atoms with Crippen LogP contribution in [0.4, 0.5) is 4.79 Å². The molecule has 2 fully saturated rings. The molecule has 6 heteroatoms. The second kappa shape index (κ2) is 6.42. The van der Waals surface area contributed by atoms with Crippen molar-refractivity contribution in [1.82, 2.24) is 15.1 Å². The summed E-state index contributed by atoms with van der Waals surface area (Å²) in [5, 5.41) is 3.38. The van der Waals surface area contributed by atoms with Crippen molar-refractivity contribution in [2.75, 3.05) is 39.4 Å². The minimum Gasteiger partial charge on any atom is -0.378 e. The summed E-state index contributed by atoms with van der Waals surface area (Å²) in [7, 11) is 0. The van der Waals surface area contributed by atoms with Crippen LogP contribution in [0.1, 0.15) is 13.8 Å². The van der Waals surface area contributed by atoms with Crippen molar-refractivity contribution in [2.45, 2.75) is 25.9 Å². The van der Waals surface area contributed by atoms with E-state index in [1.807, 2.05) is 9.80 Å². The van der Waals surface area contributed by atoms with E-state index in [0.29, 0.717) is 19.3 Å². The quantitative estimate of drug-likeness (QED) is 0.694. The van der Waals surface area contributed by atoms with Gasteiger partial charge in [0.15, 0.2) is 0 Å². The van der Waals surface area contributed by atoms with Gasteiger partial charge in [-0.15, -0.1) is 12.4 Å². The molecule has 2 aliphatic heterocycles. The summed E-state index contributed by atoms with van der Waals surface area (Å²) in [5.41, 5.74) is 0. The van der Waals surface area contributed by atoms with Crippen molar-refractivity contribution >= 4 is 18.4 Å². The van der Waals surface area contributed by atoms with E-state index < -0.39 is 0 Å². The molecule has 0 spiro atoms. The predicted octanol–water partition coefficient (Wildman–Crippen LogP) is 0.543. The van der Waals surface area contributed by atoms with Gasteiger partial charge in [0.05, 0.1) is 13.2 Å². The van der Waals surface area contributed by atoms with E-state index in [-0.39, 0.29) is 24.5 Å². The van der Waals surface area contributed by atoms with Crippen LogP contribution in [0.25, 0.3) is 0 Å². The molecule has 0 bridgehead atoms. The standard InChI is InChI=1S/C11H21N3O2.ClH/c1-9-8-14(10(2)7-12-9)11(15)13-3-5-16-6-4-13;/h9-10,12H,3-8H2,1-2H3;1H. The van der Waals surface area contributed by atoms with Crippen LogP contribution in [0.3, 0.4) is 0 Å². The normalized spacial score (nSPS) is 29.8. The maximum atomic E-state index is 12.3. The lowest BCUT2D eigenvalue weighted by atomic mass is 10.1. The van der Waals surface area contributed by atoms with E-state index in [1.165, 1.54) is 0 Å². The number of rotatable bonds is 0. The highest BCUT2D eigenvalue weighted by molar-refractivity contribution is 5.85. The molecule has 0 aromatic rings. The Balaban J connectivity index is 0.00000144. The Labute approximate surface area is 109 Å². The van der Waals surface area contributed by atoms with Gasteiger partial charge in [0, 0.05) is 38.3 Å². The van der Waals surface area contributed by atoms with E-state index >= 15 is 0 Å². The number of morpholine rings is 1. The number of carbonyl (C=O) groups is 1. The molecular formula is C11H22ClN3O2. The van der Waals surface area contributed by atoms with Crippen LogP contribution >= 0.6 is 12.4 Å². The van der Waals surface area contributed by atoms with E-state index in [0.717, 1.165) is 26.2 Å². The molecule has 2 aliphatic rings. The van der Waals surface area contributed by atoms with E-state index in [9.17, 15) is 4.79 Å². The number of nitrogens with zero attached hydrogens (tertiary/aromatic N) is 2. The highest BCUT2D eigenvalue weighted by Crippen LogP contribution is 2.11. The minimum absolute atomic E-state index is 0. The van der Waals surface area contributed by atoms with Crippen molar-refractivity contribution in [3.8, 4) is 0 Å². The first-order valence-electron chi connectivity index (χ1n) is 6.05. The van der Waals surface area contributed by atoms with Gasteiger partial charge in [0.1, 0.15) is 0 Å². The molecule has 2 amide bonds. The molecule has 100 valence electrons. The number of halogens is 1. The summed E-state index contributed by atoms with van der Waals surface area (Å²) in [6.45, 7) is 8.69. The maximum Gasteiger partial charge on any atom is 0.320 e. The third-order valence-corrected chi connectivity index (χ3v) is 3.29. The van der Waals surface area contributed by atoms with Gasteiger partial charge in [0.2, 0.25) is 0 Å². The SMILES string of the molecule is CC1CN(C(=O)N2CCOCC2)C(C)CN1.Cl. The number of amides is 2. The van der Waals surface area contributed by atoms with Gasteiger partial charge < -0.3 is 19.9 Å². The first kappa shape index (κ1) is 14.5. The van der Waals surface area contributed by atoms with Gasteiger partial charge in [-0.1, -0.05) is 0 Å². The molecular weight excluding hydrogens is 242 g/mol. The zero-order valence-electron chi connectivity index (χ0n) is 10.5. The molecule has 2 unspecified atom stereocenters. The van der Waals surface area contributed by atoms with Gasteiger partial charge in [-0.05, 0) is 13.8 Å². The van der Waals surface area contributed by atoms with Crippen molar-refractivity contribution in [1.29, 1.82) is 0 Å². The number of carbonyl (C=O) groups excluding carboxylic acids is 1. The lowest BCUT2D eigenvalue weighted by Gasteiger charge is -2.41. The van der Waals surface area contributed by atoms with Crippen molar-refractivity contribution in [2.24, 2.45) is 0 Å². The summed E-state index contributed by atoms with van der Waals surface area (Å²) >= 11 is 0. The molecule has 2 saturated heterocycles. The minimum atomic E-state index is 0. The average Bonchev–Trinajstić information content (AvgIpc) is 2.32. The Morgan fingerprint density at radius 1 is 1.29 bits per heavy atom. The third-order valence-electron chi connectivity index (χ3n) is 3.29. The molecule has 2 atom stereocenters. The van der Waals surface area contributed by atoms with Crippen LogP contribution in [0.15, 0.2) is 0 Å². The second-order valence-corrected chi connectivity index (χ2v) is 4.69. The number of hydrogen-bond acceptors (Lipinski definition) is 3. The first-order valence-corrected chi connectivity index (χ1v) is 6.05. The smallest absolute Gasteiger partial charge is 0.320 e. The molecule has 0 aromatic carbocycles. The average molecular weight is 264 g/mol. The monoisotopic (exact) mass is 263 g/mol. The zero-order valence-corrected chi connectivity index (χ0v) is 11.3. The number of piperazine rings is 1. The maximum absolute atomic E-state index is 12.3. The van der Waals surface area contributed by atoms with Gasteiger partial charge in [-0.25, -0.2) is 4.79 Å². The van der Waals surface area contributed by atoms with Crippen LogP contribution in [-0.2, 0) is 4.74 Å². The molecule has 17 heavy (non-hydrogen) atoms. The van der Waals surface area contributed by atoms with Gasteiger partial charge >= 0.3 is 6.03 Å². The lowest BCUT2D eigenvalue weighted by molar-refractivity contribution is 0.0359. The fourth-order valence-electron chi connectivity index (χ4n) is 2.22. The first-order chi connectivity index (χ1) is 7.68. The fourth-order valence-corrected chi connectivity index (χ4v) is 2.22. The van der Waals surface area contributed by atoms with Crippen molar-refractivity contribution in [3.63, 3.8) is 0 Å². The molecule has 0 radical (unpaired) electrons. The predicted molar refractivity (Wildman–Crippen MR) is 68.7 cm³/mol. The van der Waals surface area contributed by atoms with E-state index in [1.54, 1.807) is 0 Å².